The second-order valence-electron chi connectivity index (χ2n) is 6.40. The second-order valence-corrected chi connectivity index (χ2v) is 6.40. The Balaban J connectivity index is 2.02. The van der Waals surface area contributed by atoms with Gasteiger partial charge in [0.05, 0.1) is 5.56 Å². The van der Waals surface area contributed by atoms with Crippen molar-refractivity contribution >= 4 is 11.9 Å². The molecular weight excluding hydrogens is 304 g/mol. The van der Waals surface area contributed by atoms with Crippen LogP contribution in [0.3, 0.4) is 0 Å². The Morgan fingerprint density at radius 3 is 2.54 bits per heavy atom. The lowest BCUT2D eigenvalue weighted by Crippen LogP contribution is -2.40. The standard InChI is InChI=1S/C19H22N2O3/c1-12-7-4-5-8-16(12)21-13(2)11-15(14(21)3)18(22)20-10-6-9-17(20)19(23)24/h4-5,7-8,11,17H,6,9-10H2,1-3H3,(H,23,24). The van der Waals surface area contributed by atoms with Crippen molar-refractivity contribution in [2.75, 3.05) is 6.54 Å². The van der Waals surface area contributed by atoms with Crippen molar-refractivity contribution in [2.24, 2.45) is 0 Å². The first-order valence-electron chi connectivity index (χ1n) is 8.20. The molecule has 0 bridgehead atoms. The Labute approximate surface area is 141 Å². The third kappa shape index (κ3) is 2.60. The fourth-order valence-corrected chi connectivity index (χ4v) is 3.59. The summed E-state index contributed by atoms with van der Waals surface area (Å²) < 4.78 is 2.06. The van der Waals surface area contributed by atoms with Crippen LogP contribution in [0.5, 0.6) is 0 Å². The number of aryl methyl sites for hydroxylation is 2. The fraction of sp³-hybridized carbons (Fsp3) is 0.368. The van der Waals surface area contributed by atoms with E-state index in [1.165, 1.54) is 4.90 Å². The van der Waals surface area contributed by atoms with Gasteiger partial charge < -0.3 is 14.6 Å². The van der Waals surface area contributed by atoms with Crippen LogP contribution in [-0.2, 0) is 4.79 Å². The molecule has 5 nitrogen and oxygen atoms in total. The maximum atomic E-state index is 12.9. The van der Waals surface area contributed by atoms with Crippen LogP contribution in [0.1, 0.15) is 40.2 Å². The van der Waals surface area contributed by atoms with Crippen molar-refractivity contribution in [3.8, 4) is 5.69 Å². The molecule has 1 N–H and O–H groups in total. The number of carboxylic acid groups (broad SMARTS) is 1. The van der Waals surface area contributed by atoms with Gasteiger partial charge in [-0.1, -0.05) is 18.2 Å². The molecule has 1 aliphatic heterocycles. The fourth-order valence-electron chi connectivity index (χ4n) is 3.59. The Hall–Kier alpha value is -2.56. The highest BCUT2D eigenvalue weighted by atomic mass is 16.4. The third-order valence-corrected chi connectivity index (χ3v) is 4.82. The zero-order valence-electron chi connectivity index (χ0n) is 14.2. The average Bonchev–Trinajstić information content (AvgIpc) is 3.13. The number of hydrogen-bond acceptors (Lipinski definition) is 2. The number of carboxylic acids is 1. The number of hydrogen-bond donors (Lipinski definition) is 1. The number of aliphatic carboxylic acids is 1. The minimum Gasteiger partial charge on any atom is -0.480 e. The van der Waals surface area contributed by atoms with Crippen LogP contribution < -0.4 is 0 Å². The molecule has 3 rings (SSSR count). The maximum absolute atomic E-state index is 12.9. The summed E-state index contributed by atoms with van der Waals surface area (Å²) in [4.78, 5) is 25.8. The molecule has 2 aromatic rings. The van der Waals surface area contributed by atoms with Crippen LogP contribution >= 0.6 is 0 Å². The number of benzene rings is 1. The number of para-hydroxylation sites is 1. The van der Waals surface area contributed by atoms with Crippen molar-refractivity contribution in [2.45, 2.75) is 39.7 Å². The molecule has 1 aromatic carbocycles. The number of aromatic nitrogens is 1. The van der Waals surface area contributed by atoms with Crippen molar-refractivity contribution < 1.29 is 14.7 Å². The van der Waals surface area contributed by atoms with Crippen molar-refractivity contribution in [3.05, 3.63) is 52.8 Å². The van der Waals surface area contributed by atoms with Crippen LogP contribution in [0.4, 0.5) is 0 Å². The number of amides is 1. The van der Waals surface area contributed by atoms with Crippen molar-refractivity contribution in [1.82, 2.24) is 9.47 Å². The molecule has 0 saturated carbocycles. The lowest BCUT2D eigenvalue weighted by molar-refractivity contribution is -0.141. The largest absolute Gasteiger partial charge is 0.480 e. The Bertz CT molecular complexity index is 807. The number of carbonyl (C=O) groups excluding carboxylic acids is 1. The van der Waals surface area contributed by atoms with E-state index in [0.29, 0.717) is 18.5 Å². The first-order chi connectivity index (χ1) is 11.4. The first-order valence-corrected chi connectivity index (χ1v) is 8.20. The summed E-state index contributed by atoms with van der Waals surface area (Å²) in [5.41, 5.74) is 4.58. The summed E-state index contributed by atoms with van der Waals surface area (Å²) in [5.74, 6) is -1.11. The van der Waals surface area contributed by atoms with Crippen LogP contribution in [0, 0.1) is 20.8 Å². The zero-order valence-corrected chi connectivity index (χ0v) is 14.2. The van der Waals surface area contributed by atoms with E-state index in [1.54, 1.807) is 0 Å². The molecule has 24 heavy (non-hydrogen) atoms. The van der Waals surface area contributed by atoms with E-state index in [-0.39, 0.29) is 5.91 Å². The summed E-state index contributed by atoms with van der Waals surface area (Å²) in [5, 5.41) is 9.32. The molecule has 126 valence electrons. The summed E-state index contributed by atoms with van der Waals surface area (Å²) in [6.07, 6.45) is 1.26. The Kier molecular flexibility index (Phi) is 4.18. The van der Waals surface area contributed by atoms with Gasteiger partial charge in [0.2, 0.25) is 0 Å². The molecule has 0 spiro atoms. The van der Waals surface area contributed by atoms with E-state index in [0.717, 1.165) is 29.1 Å². The van der Waals surface area contributed by atoms with E-state index >= 15 is 0 Å². The van der Waals surface area contributed by atoms with Crippen LogP contribution in [0.15, 0.2) is 30.3 Å². The van der Waals surface area contributed by atoms with Gasteiger partial charge in [0.1, 0.15) is 6.04 Å². The molecule has 1 aliphatic rings. The molecule has 1 aromatic heterocycles. The van der Waals surface area contributed by atoms with Gasteiger partial charge >= 0.3 is 5.97 Å². The molecular formula is C19H22N2O3. The number of carbonyl (C=O) groups is 2. The van der Waals surface area contributed by atoms with Gasteiger partial charge in [0.15, 0.2) is 0 Å². The average molecular weight is 326 g/mol. The van der Waals surface area contributed by atoms with Gasteiger partial charge in [-0.3, -0.25) is 4.79 Å². The molecule has 2 heterocycles. The Morgan fingerprint density at radius 2 is 1.88 bits per heavy atom. The zero-order chi connectivity index (χ0) is 17.4. The molecule has 1 fully saturated rings. The third-order valence-electron chi connectivity index (χ3n) is 4.82. The SMILES string of the molecule is Cc1ccccc1-n1c(C)cc(C(=O)N2CCCC2C(=O)O)c1C. The normalized spacial score (nSPS) is 17.3. The van der Waals surface area contributed by atoms with E-state index < -0.39 is 12.0 Å². The predicted octanol–water partition coefficient (Wildman–Crippen LogP) is 3.09. The number of likely N-dealkylation sites (tertiary alicyclic amines) is 1. The van der Waals surface area contributed by atoms with E-state index in [2.05, 4.69) is 4.57 Å². The van der Waals surface area contributed by atoms with Gasteiger partial charge in [-0.25, -0.2) is 4.79 Å². The predicted molar refractivity (Wildman–Crippen MR) is 91.7 cm³/mol. The van der Waals surface area contributed by atoms with Crippen LogP contribution in [-0.4, -0.2) is 39.0 Å². The van der Waals surface area contributed by atoms with E-state index in [4.69, 9.17) is 0 Å². The molecule has 1 atom stereocenters. The van der Waals surface area contributed by atoms with Crippen LogP contribution in [0.25, 0.3) is 5.69 Å². The highest BCUT2D eigenvalue weighted by Gasteiger charge is 2.35. The monoisotopic (exact) mass is 326 g/mol. The number of rotatable bonds is 3. The van der Waals surface area contributed by atoms with Gasteiger partial charge in [-0.05, 0) is 51.3 Å². The molecule has 0 aliphatic carbocycles. The van der Waals surface area contributed by atoms with E-state index in [1.807, 2.05) is 51.1 Å². The molecule has 0 radical (unpaired) electrons. The highest BCUT2D eigenvalue weighted by Crippen LogP contribution is 2.27. The molecule has 1 amide bonds. The highest BCUT2D eigenvalue weighted by molar-refractivity contribution is 5.98. The van der Waals surface area contributed by atoms with Gasteiger partial charge in [0, 0.05) is 23.6 Å². The summed E-state index contributed by atoms with van der Waals surface area (Å²) in [7, 11) is 0. The summed E-state index contributed by atoms with van der Waals surface area (Å²) in [6.45, 7) is 6.42. The smallest absolute Gasteiger partial charge is 0.326 e. The minimum atomic E-state index is -0.923. The first kappa shape index (κ1) is 16.3. The molecule has 1 saturated heterocycles. The molecule has 5 heteroatoms. The quantitative estimate of drug-likeness (QED) is 0.943. The van der Waals surface area contributed by atoms with Crippen LogP contribution in [0.2, 0.25) is 0 Å². The van der Waals surface area contributed by atoms with Gasteiger partial charge in [-0.15, -0.1) is 0 Å². The summed E-state index contributed by atoms with van der Waals surface area (Å²) >= 11 is 0. The lowest BCUT2D eigenvalue weighted by Gasteiger charge is -2.21. The van der Waals surface area contributed by atoms with E-state index in [9.17, 15) is 14.7 Å². The molecule has 1 unspecified atom stereocenters. The van der Waals surface area contributed by atoms with Crippen molar-refractivity contribution in [3.63, 3.8) is 0 Å². The van der Waals surface area contributed by atoms with Gasteiger partial charge in [-0.2, -0.15) is 0 Å². The maximum Gasteiger partial charge on any atom is 0.326 e. The van der Waals surface area contributed by atoms with Crippen molar-refractivity contribution in [1.29, 1.82) is 0 Å². The number of nitrogens with zero attached hydrogens (tertiary/aromatic N) is 2. The second kappa shape index (κ2) is 6.15. The summed E-state index contributed by atoms with van der Waals surface area (Å²) in [6, 6.07) is 9.18. The van der Waals surface area contributed by atoms with Gasteiger partial charge in [0.25, 0.3) is 5.91 Å². The Morgan fingerprint density at radius 1 is 1.17 bits per heavy atom. The lowest BCUT2D eigenvalue weighted by atomic mass is 10.1. The topological polar surface area (TPSA) is 62.5 Å². The minimum absolute atomic E-state index is 0.187.